The number of Topliss-reactive ketones (excluding diaryl/α,β-unsaturated/α-hetero) is 1. The molecular formula is C20H23BN2O3. The molecule has 1 fully saturated rings. The molecule has 0 saturated carbocycles. The van der Waals surface area contributed by atoms with Gasteiger partial charge in [0.05, 0.1) is 22.6 Å². The fraction of sp³-hybridized carbons (Fsp3) is 0.350. The topological polar surface area (TPSA) is 60.2 Å². The predicted octanol–water partition coefficient (Wildman–Crippen LogP) is 4.60. The fourth-order valence-corrected chi connectivity index (χ4v) is 2.62. The molecule has 0 amide bonds. The van der Waals surface area contributed by atoms with Crippen molar-refractivity contribution in [1.82, 2.24) is 0 Å². The molecule has 0 radical (unpaired) electrons. The van der Waals surface area contributed by atoms with Gasteiger partial charge in [-0.15, -0.1) is 0 Å². The maximum absolute atomic E-state index is 11.4. The molecule has 0 unspecified atom stereocenters. The Morgan fingerprint density at radius 2 is 1.46 bits per heavy atom. The van der Waals surface area contributed by atoms with Crippen molar-refractivity contribution in [3.63, 3.8) is 0 Å². The highest BCUT2D eigenvalue weighted by atomic mass is 16.7. The minimum Gasteiger partial charge on any atom is -0.399 e. The van der Waals surface area contributed by atoms with Crippen molar-refractivity contribution in [1.29, 1.82) is 0 Å². The SMILES string of the molecule is CC(=O)c1ccc(/N=N\c2ccccc2B2OC(C)(C)C(C)(C)O2)cc1. The summed E-state index contributed by atoms with van der Waals surface area (Å²) in [7, 11) is -0.491. The third kappa shape index (κ3) is 3.62. The van der Waals surface area contributed by atoms with Gasteiger partial charge in [-0.25, -0.2) is 0 Å². The first kappa shape index (κ1) is 18.5. The Kier molecular flexibility index (Phi) is 4.82. The van der Waals surface area contributed by atoms with Gasteiger partial charge in [0.25, 0.3) is 0 Å². The number of hydrogen-bond acceptors (Lipinski definition) is 5. The van der Waals surface area contributed by atoms with Crippen molar-refractivity contribution in [2.45, 2.75) is 45.8 Å². The number of nitrogens with zero attached hydrogens (tertiary/aromatic N) is 2. The van der Waals surface area contributed by atoms with Crippen molar-refractivity contribution in [2.24, 2.45) is 10.2 Å². The van der Waals surface area contributed by atoms with Gasteiger partial charge in [0.1, 0.15) is 0 Å². The Bertz CT molecular complexity index is 828. The quantitative estimate of drug-likeness (QED) is 0.460. The van der Waals surface area contributed by atoms with E-state index < -0.39 is 18.3 Å². The van der Waals surface area contributed by atoms with Crippen LogP contribution in [0, 0.1) is 0 Å². The molecule has 2 aromatic rings. The van der Waals surface area contributed by atoms with Crippen LogP contribution in [-0.2, 0) is 9.31 Å². The summed E-state index contributed by atoms with van der Waals surface area (Å²) >= 11 is 0. The van der Waals surface area contributed by atoms with Crippen molar-refractivity contribution >= 4 is 29.7 Å². The van der Waals surface area contributed by atoms with Gasteiger partial charge in [0, 0.05) is 11.0 Å². The Hall–Kier alpha value is -2.31. The lowest BCUT2D eigenvalue weighted by Crippen LogP contribution is -2.41. The first-order chi connectivity index (χ1) is 12.2. The molecule has 0 bridgehead atoms. The van der Waals surface area contributed by atoms with Gasteiger partial charge in [-0.3, -0.25) is 4.79 Å². The van der Waals surface area contributed by atoms with Gasteiger partial charge < -0.3 is 9.31 Å². The van der Waals surface area contributed by atoms with Crippen molar-refractivity contribution < 1.29 is 14.1 Å². The van der Waals surface area contributed by atoms with E-state index in [9.17, 15) is 4.79 Å². The Morgan fingerprint density at radius 1 is 0.885 bits per heavy atom. The van der Waals surface area contributed by atoms with E-state index >= 15 is 0 Å². The molecule has 0 N–H and O–H groups in total. The van der Waals surface area contributed by atoms with Crippen LogP contribution in [0.3, 0.4) is 0 Å². The normalized spacial score (nSPS) is 18.4. The van der Waals surface area contributed by atoms with Gasteiger partial charge >= 0.3 is 7.12 Å². The molecule has 1 saturated heterocycles. The summed E-state index contributed by atoms with van der Waals surface area (Å²) in [6, 6.07) is 14.7. The zero-order valence-corrected chi connectivity index (χ0v) is 15.8. The predicted molar refractivity (Wildman–Crippen MR) is 103 cm³/mol. The molecular weight excluding hydrogens is 327 g/mol. The number of rotatable bonds is 4. The van der Waals surface area contributed by atoms with E-state index in [4.69, 9.17) is 9.31 Å². The van der Waals surface area contributed by atoms with Gasteiger partial charge in [-0.05, 0) is 65.0 Å². The Labute approximate surface area is 154 Å². The molecule has 134 valence electrons. The van der Waals surface area contributed by atoms with E-state index in [1.807, 2.05) is 52.0 Å². The molecule has 0 atom stereocenters. The molecule has 26 heavy (non-hydrogen) atoms. The smallest absolute Gasteiger partial charge is 0.399 e. The second-order valence-electron chi connectivity index (χ2n) is 7.45. The molecule has 5 nitrogen and oxygen atoms in total. The largest absolute Gasteiger partial charge is 0.497 e. The van der Waals surface area contributed by atoms with E-state index in [0.29, 0.717) is 16.9 Å². The number of azo groups is 1. The second kappa shape index (κ2) is 6.78. The molecule has 3 rings (SSSR count). The first-order valence-electron chi connectivity index (χ1n) is 8.67. The summed E-state index contributed by atoms with van der Waals surface area (Å²) in [6.45, 7) is 9.63. The highest BCUT2D eigenvalue weighted by Crippen LogP contribution is 2.37. The lowest BCUT2D eigenvalue weighted by Gasteiger charge is -2.32. The minimum atomic E-state index is -0.491. The van der Waals surface area contributed by atoms with Crippen LogP contribution in [0.15, 0.2) is 58.8 Å². The monoisotopic (exact) mass is 350 g/mol. The van der Waals surface area contributed by atoms with Gasteiger partial charge in [0.2, 0.25) is 0 Å². The number of carbonyl (C=O) groups is 1. The van der Waals surface area contributed by atoms with Crippen LogP contribution in [0.4, 0.5) is 11.4 Å². The lowest BCUT2D eigenvalue weighted by molar-refractivity contribution is 0.00578. The molecule has 0 spiro atoms. The second-order valence-corrected chi connectivity index (χ2v) is 7.45. The zero-order valence-electron chi connectivity index (χ0n) is 15.8. The van der Waals surface area contributed by atoms with Crippen LogP contribution >= 0.6 is 0 Å². The fourth-order valence-electron chi connectivity index (χ4n) is 2.62. The third-order valence-electron chi connectivity index (χ3n) is 4.99. The highest BCUT2D eigenvalue weighted by molar-refractivity contribution is 6.63. The number of ketones is 1. The summed E-state index contributed by atoms with van der Waals surface area (Å²) in [6.07, 6.45) is 0. The zero-order chi connectivity index (χ0) is 18.9. The summed E-state index contributed by atoms with van der Waals surface area (Å²) in [5.74, 6) is 0.0274. The third-order valence-corrected chi connectivity index (χ3v) is 4.99. The van der Waals surface area contributed by atoms with Gasteiger partial charge in [0.15, 0.2) is 5.78 Å². The van der Waals surface area contributed by atoms with Crippen molar-refractivity contribution in [3.8, 4) is 0 Å². The van der Waals surface area contributed by atoms with E-state index in [2.05, 4.69) is 10.2 Å². The maximum Gasteiger partial charge on any atom is 0.497 e. The first-order valence-corrected chi connectivity index (χ1v) is 8.67. The minimum absolute atomic E-state index is 0.0274. The average molecular weight is 350 g/mol. The van der Waals surface area contributed by atoms with Crippen molar-refractivity contribution in [3.05, 3.63) is 54.1 Å². The standard InChI is InChI=1S/C20H23BN2O3/c1-14(24)15-10-12-16(13-11-15)22-23-18-9-7-6-8-17(18)21-25-19(2,3)20(4,5)26-21/h6-13H,1-5H3/b23-22-. The van der Waals surface area contributed by atoms with Gasteiger partial charge in [-0.1, -0.05) is 18.2 Å². The number of hydrogen-bond donors (Lipinski definition) is 0. The molecule has 0 aromatic heterocycles. The summed E-state index contributed by atoms with van der Waals surface area (Å²) in [4.78, 5) is 11.4. The Morgan fingerprint density at radius 3 is 2.04 bits per heavy atom. The van der Waals surface area contributed by atoms with E-state index in [1.165, 1.54) is 6.92 Å². The molecule has 2 aromatic carbocycles. The summed E-state index contributed by atoms with van der Waals surface area (Å²) in [5.41, 5.74) is 2.05. The van der Waals surface area contributed by atoms with Crippen molar-refractivity contribution in [2.75, 3.05) is 0 Å². The molecule has 1 aliphatic rings. The van der Waals surface area contributed by atoms with Crippen LogP contribution in [0.25, 0.3) is 0 Å². The highest BCUT2D eigenvalue weighted by Gasteiger charge is 2.52. The number of benzene rings is 2. The lowest BCUT2D eigenvalue weighted by atomic mass is 9.78. The van der Waals surface area contributed by atoms with Crippen LogP contribution in [0.5, 0.6) is 0 Å². The average Bonchev–Trinajstić information content (AvgIpc) is 2.81. The van der Waals surface area contributed by atoms with Gasteiger partial charge in [-0.2, -0.15) is 10.2 Å². The summed E-state index contributed by atoms with van der Waals surface area (Å²) in [5, 5.41) is 8.66. The van der Waals surface area contributed by atoms with Crippen LogP contribution < -0.4 is 5.46 Å². The molecule has 1 heterocycles. The molecule has 6 heteroatoms. The number of carbonyl (C=O) groups excluding carboxylic acids is 1. The molecule has 0 aliphatic carbocycles. The summed E-state index contributed by atoms with van der Waals surface area (Å²) < 4.78 is 12.2. The van der Waals surface area contributed by atoms with E-state index in [-0.39, 0.29) is 5.78 Å². The van der Waals surface area contributed by atoms with Crippen LogP contribution in [-0.4, -0.2) is 24.1 Å². The van der Waals surface area contributed by atoms with E-state index in [0.717, 1.165) is 5.46 Å². The van der Waals surface area contributed by atoms with E-state index in [1.54, 1.807) is 24.3 Å². The molecule has 1 aliphatic heterocycles. The van der Waals surface area contributed by atoms with Crippen LogP contribution in [0.1, 0.15) is 45.0 Å². The maximum atomic E-state index is 11.4. The Balaban J connectivity index is 1.85. The van der Waals surface area contributed by atoms with Crippen LogP contribution in [0.2, 0.25) is 0 Å².